The number of hydrogen-bond acceptors (Lipinski definition) is 2. The van der Waals surface area contributed by atoms with E-state index in [0.717, 1.165) is 18.5 Å². The highest BCUT2D eigenvalue weighted by atomic mass is 79.9. The van der Waals surface area contributed by atoms with E-state index in [1.807, 2.05) is 6.07 Å². The molecule has 0 fully saturated rings. The minimum absolute atomic E-state index is 0.0405. The van der Waals surface area contributed by atoms with Crippen molar-refractivity contribution < 1.29 is 4.39 Å². The zero-order chi connectivity index (χ0) is 14.7. The fourth-order valence-electron chi connectivity index (χ4n) is 2.32. The molecule has 1 aromatic carbocycles. The van der Waals surface area contributed by atoms with Crippen LogP contribution in [0.1, 0.15) is 40.3 Å². The molecule has 1 unspecified atom stereocenters. The predicted molar refractivity (Wildman–Crippen MR) is 88.0 cm³/mol. The van der Waals surface area contributed by atoms with Crippen LogP contribution in [0.15, 0.2) is 28.7 Å². The predicted octanol–water partition coefficient (Wildman–Crippen LogP) is 5.36. The van der Waals surface area contributed by atoms with E-state index < -0.39 is 0 Å². The van der Waals surface area contributed by atoms with Gasteiger partial charge in [-0.25, -0.2) is 4.39 Å². The zero-order valence-corrected chi connectivity index (χ0v) is 14.4. The Morgan fingerprint density at radius 3 is 2.70 bits per heavy atom. The molecule has 0 aliphatic rings. The fourth-order valence-corrected chi connectivity index (χ4v) is 3.95. The minimum Gasteiger partial charge on any atom is -0.306 e. The van der Waals surface area contributed by atoms with E-state index in [-0.39, 0.29) is 11.9 Å². The summed E-state index contributed by atoms with van der Waals surface area (Å²) >= 11 is 5.17. The Labute approximate surface area is 132 Å². The second-order valence-electron chi connectivity index (χ2n) is 4.93. The monoisotopic (exact) mass is 355 g/mol. The summed E-state index contributed by atoms with van der Waals surface area (Å²) in [5.74, 6) is -0.211. The van der Waals surface area contributed by atoms with Crippen LogP contribution in [0.3, 0.4) is 0 Å². The van der Waals surface area contributed by atoms with Crippen LogP contribution in [0.5, 0.6) is 0 Å². The third kappa shape index (κ3) is 3.30. The molecule has 2 aromatic rings. The summed E-state index contributed by atoms with van der Waals surface area (Å²) in [6.45, 7) is 7.27. The Morgan fingerprint density at radius 1 is 1.35 bits per heavy atom. The van der Waals surface area contributed by atoms with Crippen molar-refractivity contribution in [2.24, 2.45) is 0 Å². The first-order valence-corrected chi connectivity index (χ1v) is 8.39. The molecule has 2 rings (SSSR count). The van der Waals surface area contributed by atoms with E-state index in [1.54, 1.807) is 17.4 Å². The van der Waals surface area contributed by atoms with Crippen LogP contribution in [-0.4, -0.2) is 6.54 Å². The lowest BCUT2D eigenvalue weighted by Gasteiger charge is -2.20. The Kier molecular flexibility index (Phi) is 5.35. The summed E-state index contributed by atoms with van der Waals surface area (Å²) in [6.07, 6.45) is 1.05. The number of thiophene rings is 1. The molecule has 108 valence electrons. The number of rotatable bonds is 5. The molecule has 0 bridgehead atoms. The van der Waals surface area contributed by atoms with Gasteiger partial charge in [-0.3, -0.25) is 0 Å². The van der Waals surface area contributed by atoms with Crippen molar-refractivity contribution in [2.75, 3.05) is 6.54 Å². The van der Waals surface area contributed by atoms with Crippen LogP contribution in [0, 0.1) is 19.7 Å². The topological polar surface area (TPSA) is 12.0 Å². The average molecular weight is 356 g/mol. The molecular formula is C16H19BrFNS. The maximum Gasteiger partial charge on any atom is 0.137 e. The van der Waals surface area contributed by atoms with Crippen LogP contribution < -0.4 is 5.32 Å². The van der Waals surface area contributed by atoms with Crippen LogP contribution in [-0.2, 0) is 0 Å². The molecular weight excluding hydrogens is 337 g/mol. The Balaban J connectivity index is 2.47. The molecule has 0 aliphatic carbocycles. The maximum absolute atomic E-state index is 13.8. The first-order valence-electron chi connectivity index (χ1n) is 6.78. The van der Waals surface area contributed by atoms with E-state index in [2.05, 4.69) is 48.1 Å². The van der Waals surface area contributed by atoms with Crippen molar-refractivity contribution >= 4 is 27.3 Å². The van der Waals surface area contributed by atoms with Gasteiger partial charge >= 0.3 is 0 Å². The second kappa shape index (κ2) is 6.83. The number of nitrogens with one attached hydrogen (secondary N) is 1. The molecule has 0 radical (unpaired) electrons. The smallest absolute Gasteiger partial charge is 0.137 e. The molecule has 0 saturated carbocycles. The maximum atomic E-state index is 13.8. The third-order valence-corrected chi connectivity index (χ3v) is 5.29. The number of aryl methyl sites for hydroxylation is 2. The molecule has 1 aromatic heterocycles. The quantitative estimate of drug-likeness (QED) is 0.761. The summed E-state index contributed by atoms with van der Waals surface area (Å²) in [5, 5.41) is 3.54. The highest BCUT2D eigenvalue weighted by molar-refractivity contribution is 9.10. The van der Waals surface area contributed by atoms with Gasteiger partial charge < -0.3 is 5.32 Å². The van der Waals surface area contributed by atoms with E-state index >= 15 is 0 Å². The normalized spacial score (nSPS) is 12.7. The number of hydrogen-bond donors (Lipinski definition) is 1. The van der Waals surface area contributed by atoms with Crippen molar-refractivity contribution in [3.8, 4) is 0 Å². The molecule has 20 heavy (non-hydrogen) atoms. The van der Waals surface area contributed by atoms with Crippen molar-refractivity contribution in [1.82, 2.24) is 5.32 Å². The van der Waals surface area contributed by atoms with Crippen LogP contribution in [0.4, 0.5) is 4.39 Å². The molecule has 1 atom stereocenters. The lowest BCUT2D eigenvalue weighted by atomic mass is 10.0. The molecule has 1 nitrogen and oxygen atoms in total. The number of halogens is 2. The Bertz CT molecular complexity index is 594. The summed E-state index contributed by atoms with van der Waals surface area (Å²) in [7, 11) is 0. The van der Waals surface area contributed by atoms with Gasteiger partial charge in [0, 0.05) is 9.75 Å². The molecule has 1 N–H and O–H groups in total. The van der Waals surface area contributed by atoms with E-state index in [9.17, 15) is 4.39 Å². The molecule has 0 saturated heterocycles. The van der Waals surface area contributed by atoms with Crippen molar-refractivity contribution in [1.29, 1.82) is 0 Å². The van der Waals surface area contributed by atoms with E-state index in [1.165, 1.54) is 21.4 Å². The second-order valence-corrected chi connectivity index (χ2v) is 7.02. The average Bonchev–Trinajstić information content (AvgIpc) is 2.74. The van der Waals surface area contributed by atoms with Gasteiger partial charge in [-0.2, -0.15) is 0 Å². The molecule has 0 amide bonds. The van der Waals surface area contributed by atoms with Crippen molar-refractivity contribution in [3.05, 3.63) is 55.4 Å². The summed E-state index contributed by atoms with van der Waals surface area (Å²) in [4.78, 5) is 2.55. The number of benzene rings is 1. The van der Waals surface area contributed by atoms with Gasteiger partial charge in [0.25, 0.3) is 0 Å². The lowest BCUT2D eigenvalue weighted by Crippen LogP contribution is -2.23. The minimum atomic E-state index is -0.211. The lowest BCUT2D eigenvalue weighted by molar-refractivity contribution is 0.583. The highest BCUT2D eigenvalue weighted by Crippen LogP contribution is 2.35. The summed E-state index contributed by atoms with van der Waals surface area (Å²) in [5.41, 5.74) is 2.22. The van der Waals surface area contributed by atoms with Crippen molar-refractivity contribution in [2.45, 2.75) is 33.2 Å². The van der Waals surface area contributed by atoms with Gasteiger partial charge in [0.1, 0.15) is 5.82 Å². The molecule has 4 heteroatoms. The molecule has 0 spiro atoms. The van der Waals surface area contributed by atoms with Gasteiger partial charge in [0.2, 0.25) is 0 Å². The third-order valence-electron chi connectivity index (χ3n) is 3.23. The van der Waals surface area contributed by atoms with Gasteiger partial charge in [-0.1, -0.05) is 19.1 Å². The van der Waals surface area contributed by atoms with Crippen LogP contribution in [0.25, 0.3) is 0 Å². The van der Waals surface area contributed by atoms with Gasteiger partial charge in [0.05, 0.1) is 10.5 Å². The summed E-state index contributed by atoms with van der Waals surface area (Å²) < 4.78 is 14.4. The van der Waals surface area contributed by atoms with E-state index in [0.29, 0.717) is 4.47 Å². The standard InChI is InChI=1S/C16H19BrFNS/c1-4-8-19-15(16-10(2)9-11(3)20-16)12-6-5-7-13(18)14(12)17/h5-7,9,15,19H,4,8H2,1-3H3. The zero-order valence-electron chi connectivity index (χ0n) is 12.0. The SMILES string of the molecule is CCCNC(c1cccc(F)c1Br)c1sc(C)cc1C. The van der Waals surface area contributed by atoms with Gasteiger partial charge in [-0.15, -0.1) is 11.3 Å². The van der Waals surface area contributed by atoms with E-state index in [4.69, 9.17) is 0 Å². The molecule has 1 heterocycles. The Morgan fingerprint density at radius 2 is 2.10 bits per heavy atom. The highest BCUT2D eigenvalue weighted by Gasteiger charge is 2.21. The fraction of sp³-hybridized carbons (Fsp3) is 0.375. The summed E-state index contributed by atoms with van der Waals surface area (Å²) in [6, 6.07) is 7.46. The first-order chi connectivity index (χ1) is 9.54. The Hall–Kier alpha value is -0.710. The molecule has 0 aliphatic heterocycles. The largest absolute Gasteiger partial charge is 0.306 e. The van der Waals surface area contributed by atoms with Gasteiger partial charge in [-0.05, 0) is 66.0 Å². The van der Waals surface area contributed by atoms with Crippen LogP contribution in [0.2, 0.25) is 0 Å². The van der Waals surface area contributed by atoms with Crippen LogP contribution >= 0.6 is 27.3 Å². The van der Waals surface area contributed by atoms with Crippen molar-refractivity contribution in [3.63, 3.8) is 0 Å². The van der Waals surface area contributed by atoms with Gasteiger partial charge in [0.15, 0.2) is 0 Å². The first kappa shape index (κ1) is 15.7.